The summed E-state index contributed by atoms with van der Waals surface area (Å²) in [5, 5.41) is 4.15. The van der Waals surface area contributed by atoms with Crippen LogP contribution in [0, 0.1) is 0 Å². The standard InChI is InChI=1S/C17H29N3S/c1-5-18-15-11-14(17(2,3)4)19-16(20-15)12-21-13-9-7-6-8-10-13/h11,13H,5-10,12H2,1-4H3,(H,18,19,20). The third-order valence-electron chi connectivity index (χ3n) is 3.90. The number of hydrogen-bond acceptors (Lipinski definition) is 4. The molecule has 1 aromatic heterocycles. The van der Waals surface area contributed by atoms with E-state index >= 15 is 0 Å². The molecule has 2 rings (SSSR count). The third kappa shape index (κ3) is 5.17. The van der Waals surface area contributed by atoms with Gasteiger partial charge in [0.2, 0.25) is 0 Å². The number of nitrogens with one attached hydrogen (secondary N) is 1. The SMILES string of the molecule is CCNc1cc(C(C)(C)C)nc(CSC2CCCCC2)n1. The highest BCUT2D eigenvalue weighted by molar-refractivity contribution is 7.99. The van der Waals surface area contributed by atoms with Gasteiger partial charge < -0.3 is 5.32 Å². The van der Waals surface area contributed by atoms with Crippen LogP contribution in [0.5, 0.6) is 0 Å². The molecule has 118 valence electrons. The van der Waals surface area contributed by atoms with E-state index in [4.69, 9.17) is 4.98 Å². The number of anilines is 1. The first-order chi connectivity index (χ1) is 9.99. The maximum Gasteiger partial charge on any atom is 0.140 e. The molecular weight excluding hydrogens is 278 g/mol. The fourth-order valence-electron chi connectivity index (χ4n) is 2.64. The van der Waals surface area contributed by atoms with Gasteiger partial charge in [-0.3, -0.25) is 0 Å². The first-order valence-corrected chi connectivity index (χ1v) is 9.28. The van der Waals surface area contributed by atoms with Crippen molar-refractivity contribution >= 4 is 17.6 Å². The number of thioether (sulfide) groups is 1. The fraction of sp³-hybridized carbons (Fsp3) is 0.765. The van der Waals surface area contributed by atoms with Crippen molar-refractivity contribution in [2.45, 2.75) is 76.2 Å². The van der Waals surface area contributed by atoms with Gasteiger partial charge in [0.25, 0.3) is 0 Å². The highest BCUT2D eigenvalue weighted by Gasteiger charge is 2.19. The van der Waals surface area contributed by atoms with Crippen molar-refractivity contribution in [3.63, 3.8) is 0 Å². The molecule has 1 heterocycles. The lowest BCUT2D eigenvalue weighted by Gasteiger charge is -2.22. The van der Waals surface area contributed by atoms with Crippen LogP contribution >= 0.6 is 11.8 Å². The minimum absolute atomic E-state index is 0.0668. The van der Waals surface area contributed by atoms with Crippen LogP contribution < -0.4 is 5.32 Å². The van der Waals surface area contributed by atoms with Gasteiger partial charge in [-0.2, -0.15) is 11.8 Å². The fourth-order valence-corrected chi connectivity index (χ4v) is 3.82. The second kappa shape index (κ2) is 7.48. The van der Waals surface area contributed by atoms with Gasteiger partial charge in [0.1, 0.15) is 11.6 Å². The Hall–Kier alpha value is -0.770. The van der Waals surface area contributed by atoms with Crippen LogP contribution in [-0.2, 0) is 11.2 Å². The Bertz CT molecular complexity index is 448. The molecule has 0 saturated heterocycles. The second-order valence-electron chi connectivity index (χ2n) is 6.91. The molecule has 0 bridgehead atoms. The van der Waals surface area contributed by atoms with E-state index in [0.717, 1.165) is 34.9 Å². The molecule has 0 aromatic carbocycles. The largest absolute Gasteiger partial charge is 0.370 e. The van der Waals surface area contributed by atoms with Crippen LogP contribution in [0.1, 0.15) is 71.3 Å². The van der Waals surface area contributed by atoms with Gasteiger partial charge in [-0.05, 0) is 19.8 Å². The van der Waals surface area contributed by atoms with E-state index < -0.39 is 0 Å². The topological polar surface area (TPSA) is 37.8 Å². The average Bonchev–Trinajstić information content (AvgIpc) is 2.45. The average molecular weight is 308 g/mol. The van der Waals surface area contributed by atoms with Gasteiger partial charge in [-0.15, -0.1) is 0 Å². The lowest BCUT2D eigenvalue weighted by atomic mass is 9.92. The summed E-state index contributed by atoms with van der Waals surface area (Å²) in [5.41, 5.74) is 1.20. The predicted octanol–water partition coefficient (Wildman–Crippen LogP) is 4.77. The summed E-state index contributed by atoms with van der Waals surface area (Å²) in [7, 11) is 0. The van der Waals surface area contributed by atoms with Crippen molar-refractivity contribution in [1.29, 1.82) is 0 Å². The molecule has 21 heavy (non-hydrogen) atoms. The molecular formula is C17H29N3S. The Morgan fingerprint density at radius 1 is 1.19 bits per heavy atom. The molecule has 4 heteroatoms. The first-order valence-electron chi connectivity index (χ1n) is 8.23. The molecule has 3 nitrogen and oxygen atoms in total. The predicted molar refractivity (Wildman–Crippen MR) is 93.1 cm³/mol. The maximum absolute atomic E-state index is 4.80. The van der Waals surface area contributed by atoms with E-state index in [1.165, 1.54) is 32.1 Å². The summed E-state index contributed by atoms with van der Waals surface area (Å²) in [6, 6.07) is 2.10. The molecule has 1 fully saturated rings. The Balaban J connectivity index is 2.07. The summed E-state index contributed by atoms with van der Waals surface area (Å²) in [6.45, 7) is 9.64. The summed E-state index contributed by atoms with van der Waals surface area (Å²) in [6.07, 6.45) is 6.93. The molecule has 0 unspecified atom stereocenters. The molecule has 0 radical (unpaired) electrons. The molecule has 1 saturated carbocycles. The summed E-state index contributed by atoms with van der Waals surface area (Å²) < 4.78 is 0. The molecule has 0 spiro atoms. The van der Waals surface area contributed by atoms with Crippen LogP contribution in [0.3, 0.4) is 0 Å². The van der Waals surface area contributed by atoms with Crippen LogP contribution in [0.4, 0.5) is 5.82 Å². The van der Waals surface area contributed by atoms with Crippen molar-refractivity contribution in [2.75, 3.05) is 11.9 Å². The zero-order valence-electron chi connectivity index (χ0n) is 13.9. The zero-order chi connectivity index (χ0) is 15.3. The Morgan fingerprint density at radius 2 is 1.90 bits per heavy atom. The van der Waals surface area contributed by atoms with E-state index in [2.05, 4.69) is 44.1 Å². The van der Waals surface area contributed by atoms with Crippen molar-refractivity contribution in [1.82, 2.24) is 9.97 Å². The molecule has 1 N–H and O–H groups in total. The number of nitrogens with zero attached hydrogens (tertiary/aromatic N) is 2. The highest BCUT2D eigenvalue weighted by atomic mass is 32.2. The molecule has 0 aliphatic heterocycles. The van der Waals surface area contributed by atoms with Gasteiger partial charge in [-0.1, -0.05) is 40.0 Å². The monoisotopic (exact) mass is 307 g/mol. The summed E-state index contributed by atoms with van der Waals surface area (Å²) in [5.74, 6) is 2.89. The van der Waals surface area contributed by atoms with Gasteiger partial charge in [-0.25, -0.2) is 9.97 Å². The minimum Gasteiger partial charge on any atom is -0.370 e. The van der Waals surface area contributed by atoms with Crippen LogP contribution in [0.25, 0.3) is 0 Å². The van der Waals surface area contributed by atoms with E-state index in [1.54, 1.807) is 0 Å². The smallest absolute Gasteiger partial charge is 0.140 e. The minimum atomic E-state index is 0.0668. The Kier molecular flexibility index (Phi) is 5.91. The summed E-state index contributed by atoms with van der Waals surface area (Å²) >= 11 is 2.04. The molecule has 1 aliphatic rings. The number of hydrogen-bond donors (Lipinski definition) is 1. The van der Waals surface area contributed by atoms with Gasteiger partial charge >= 0.3 is 0 Å². The summed E-state index contributed by atoms with van der Waals surface area (Å²) in [4.78, 5) is 9.48. The second-order valence-corrected chi connectivity index (χ2v) is 8.19. The molecule has 0 amide bonds. The van der Waals surface area contributed by atoms with Crippen molar-refractivity contribution in [3.05, 3.63) is 17.6 Å². The highest BCUT2D eigenvalue weighted by Crippen LogP contribution is 2.30. The van der Waals surface area contributed by atoms with Crippen LogP contribution in [0.15, 0.2) is 6.07 Å². The van der Waals surface area contributed by atoms with Gasteiger partial charge in [0.05, 0.1) is 11.4 Å². The van der Waals surface area contributed by atoms with Crippen molar-refractivity contribution in [3.8, 4) is 0 Å². The van der Waals surface area contributed by atoms with Crippen LogP contribution in [0.2, 0.25) is 0 Å². The lowest BCUT2D eigenvalue weighted by molar-refractivity contribution is 0.515. The number of rotatable bonds is 5. The maximum atomic E-state index is 4.80. The molecule has 0 atom stereocenters. The quantitative estimate of drug-likeness (QED) is 0.850. The first kappa shape index (κ1) is 16.6. The normalized spacial score (nSPS) is 17.0. The van der Waals surface area contributed by atoms with Gasteiger partial charge in [0.15, 0.2) is 0 Å². The molecule has 1 aliphatic carbocycles. The molecule has 1 aromatic rings. The number of aromatic nitrogens is 2. The van der Waals surface area contributed by atoms with E-state index in [9.17, 15) is 0 Å². The van der Waals surface area contributed by atoms with E-state index in [-0.39, 0.29) is 5.41 Å². The lowest BCUT2D eigenvalue weighted by Crippen LogP contribution is -2.17. The Labute approximate surface area is 133 Å². The third-order valence-corrected chi connectivity index (χ3v) is 5.27. The van der Waals surface area contributed by atoms with Crippen molar-refractivity contribution < 1.29 is 0 Å². The van der Waals surface area contributed by atoms with Gasteiger partial charge in [0, 0.05) is 23.3 Å². The van der Waals surface area contributed by atoms with Crippen molar-refractivity contribution in [2.24, 2.45) is 0 Å². The van der Waals surface area contributed by atoms with E-state index in [1.807, 2.05) is 11.8 Å². The zero-order valence-corrected chi connectivity index (χ0v) is 14.7. The van der Waals surface area contributed by atoms with E-state index in [0.29, 0.717) is 0 Å². The Morgan fingerprint density at radius 3 is 2.52 bits per heavy atom. The van der Waals surface area contributed by atoms with Crippen LogP contribution in [-0.4, -0.2) is 21.8 Å².